The van der Waals surface area contributed by atoms with Gasteiger partial charge in [0, 0.05) is 19.1 Å². The van der Waals surface area contributed by atoms with Crippen molar-refractivity contribution in [1.82, 2.24) is 4.31 Å². The van der Waals surface area contributed by atoms with Gasteiger partial charge in [0.2, 0.25) is 10.0 Å². The van der Waals surface area contributed by atoms with Gasteiger partial charge < -0.3 is 5.73 Å². The molecule has 1 fully saturated rings. The number of nitrogens with two attached hydrogens (primary N) is 1. The summed E-state index contributed by atoms with van der Waals surface area (Å²) in [5, 5.41) is 0. The van der Waals surface area contributed by atoms with Crippen LogP contribution in [0.15, 0.2) is 29.2 Å². The van der Waals surface area contributed by atoms with Crippen molar-refractivity contribution in [3.8, 4) is 0 Å². The molecular formula is C13H17F3N2O2S. The summed E-state index contributed by atoms with van der Waals surface area (Å²) in [5.41, 5.74) is 4.47. The van der Waals surface area contributed by atoms with Crippen molar-refractivity contribution in [3.63, 3.8) is 0 Å². The highest BCUT2D eigenvalue weighted by molar-refractivity contribution is 7.89. The zero-order valence-corrected chi connectivity index (χ0v) is 12.1. The summed E-state index contributed by atoms with van der Waals surface area (Å²) in [4.78, 5) is -0.335. The first-order chi connectivity index (χ1) is 9.76. The molecule has 0 unspecified atom stereocenters. The van der Waals surface area contributed by atoms with Crippen LogP contribution < -0.4 is 5.73 Å². The maximum atomic E-state index is 12.7. The highest BCUT2D eigenvalue weighted by Gasteiger charge is 2.36. The second-order valence-electron chi connectivity index (χ2n) is 5.01. The zero-order chi connectivity index (χ0) is 15.7. The fourth-order valence-electron chi connectivity index (χ4n) is 2.27. The van der Waals surface area contributed by atoms with E-state index in [1.807, 2.05) is 0 Å². The Morgan fingerprint density at radius 1 is 1.29 bits per heavy atom. The molecule has 1 aromatic carbocycles. The van der Waals surface area contributed by atoms with Gasteiger partial charge in [-0.05, 0) is 31.0 Å². The van der Waals surface area contributed by atoms with Crippen LogP contribution in [0.2, 0.25) is 0 Å². The molecule has 1 saturated carbocycles. The number of nitrogens with zero attached hydrogens (tertiary/aromatic N) is 1. The Hall–Kier alpha value is -1.12. The summed E-state index contributed by atoms with van der Waals surface area (Å²) in [6, 6.07) is 3.67. The second-order valence-corrected chi connectivity index (χ2v) is 6.91. The highest BCUT2D eigenvalue weighted by atomic mass is 32.2. The Kier molecular flexibility index (Phi) is 4.60. The molecule has 118 valence electrons. The Morgan fingerprint density at radius 2 is 1.95 bits per heavy atom. The molecule has 0 amide bonds. The zero-order valence-electron chi connectivity index (χ0n) is 11.3. The normalized spacial score (nSPS) is 17.0. The van der Waals surface area contributed by atoms with Crippen LogP contribution in [0, 0.1) is 0 Å². The minimum Gasteiger partial charge on any atom is -0.329 e. The lowest BCUT2D eigenvalue weighted by atomic mass is 9.93. The van der Waals surface area contributed by atoms with Gasteiger partial charge in [-0.2, -0.15) is 17.5 Å². The maximum Gasteiger partial charge on any atom is 0.416 e. The topological polar surface area (TPSA) is 63.4 Å². The summed E-state index contributed by atoms with van der Waals surface area (Å²) in [6.45, 7) is 0.248. The SMILES string of the molecule is NCCN(C1CCC1)S(=O)(=O)c1cccc(C(F)(F)F)c1. The standard InChI is InChI=1S/C13H17F3N2O2S/c14-13(15,16)10-3-1-6-12(9-10)21(19,20)18(8-7-17)11-4-2-5-11/h1,3,6,9,11H,2,4-5,7-8,17H2. The van der Waals surface area contributed by atoms with Gasteiger partial charge in [0.25, 0.3) is 0 Å². The van der Waals surface area contributed by atoms with Gasteiger partial charge >= 0.3 is 6.18 Å². The van der Waals surface area contributed by atoms with E-state index in [1.54, 1.807) is 0 Å². The molecule has 21 heavy (non-hydrogen) atoms. The molecule has 0 heterocycles. The molecule has 2 rings (SSSR count). The maximum absolute atomic E-state index is 12.7. The Morgan fingerprint density at radius 3 is 2.43 bits per heavy atom. The van der Waals surface area contributed by atoms with Crippen molar-refractivity contribution in [1.29, 1.82) is 0 Å². The molecule has 1 aliphatic rings. The summed E-state index contributed by atoms with van der Waals surface area (Å²) in [5.74, 6) is 0. The van der Waals surface area contributed by atoms with Gasteiger partial charge in [-0.3, -0.25) is 0 Å². The Bertz CT molecular complexity index is 598. The third kappa shape index (κ3) is 3.38. The Balaban J connectivity index is 2.37. The van der Waals surface area contributed by atoms with Crippen molar-refractivity contribution in [2.45, 2.75) is 36.4 Å². The summed E-state index contributed by atoms with van der Waals surface area (Å²) in [7, 11) is -3.95. The predicted octanol–water partition coefficient (Wildman–Crippen LogP) is 2.21. The van der Waals surface area contributed by atoms with Gasteiger partial charge in [-0.1, -0.05) is 12.5 Å². The van der Waals surface area contributed by atoms with Crippen LogP contribution in [0.1, 0.15) is 24.8 Å². The summed E-state index contributed by atoms with van der Waals surface area (Å²) in [6.07, 6.45) is -2.21. The van der Waals surface area contributed by atoms with E-state index < -0.39 is 21.8 Å². The number of sulfonamides is 1. The monoisotopic (exact) mass is 322 g/mol. The van der Waals surface area contributed by atoms with Crippen LogP contribution in [0.25, 0.3) is 0 Å². The number of alkyl halides is 3. The molecule has 1 aromatic rings. The average Bonchev–Trinajstić information content (AvgIpc) is 2.35. The average molecular weight is 322 g/mol. The van der Waals surface area contributed by atoms with Crippen LogP contribution in [0.3, 0.4) is 0 Å². The predicted molar refractivity (Wildman–Crippen MR) is 72.0 cm³/mol. The minimum atomic E-state index is -4.57. The third-order valence-corrected chi connectivity index (χ3v) is 5.55. The lowest BCUT2D eigenvalue weighted by molar-refractivity contribution is -0.137. The molecule has 8 heteroatoms. The number of hydrogen-bond donors (Lipinski definition) is 1. The largest absolute Gasteiger partial charge is 0.416 e. The molecule has 2 N–H and O–H groups in total. The number of rotatable bonds is 5. The van der Waals surface area contributed by atoms with Gasteiger partial charge in [-0.15, -0.1) is 0 Å². The Labute approximate surface area is 121 Å². The minimum absolute atomic E-state index is 0.114. The van der Waals surface area contributed by atoms with Gasteiger partial charge in [0.05, 0.1) is 10.5 Å². The molecule has 0 spiro atoms. The molecule has 0 atom stereocenters. The molecule has 0 aliphatic heterocycles. The fourth-order valence-corrected chi connectivity index (χ4v) is 4.02. The molecular weight excluding hydrogens is 305 g/mol. The van der Waals surface area contributed by atoms with E-state index in [4.69, 9.17) is 5.73 Å². The highest BCUT2D eigenvalue weighted by Crippen LogP contribution is 2.33. The van der Waals surface area contributed by atoms with Crippen LogP contribution in [-0.2, 0) is 16.2 Å². The van der Waals surface area contributed by atoms with Crippen molar-refractivity contribution < 1.29 is 21.6 Å². The van der Waals surface area contributed by atoms with Gasteiger partial charge in [0.1, 0.15) is 0 Å². The van der Waals surface area contributed by atoms with Crippen LogP contribution in [-0.4, -0.2) is 31.9 Å². The fraction of sp³-hybridized carbons (Fsp3) is 0.538. The van der Waals surface area contributed by atoms with E-state index in [1.165, 1.54) is 10.4 Å². The number of halogens is 3. The molecule has 0 bridgehead atoms. The third-order valence-electron chi connectivity index (χ3n) is 3.60. The number of hydrogen-bond acceptors (Lipinski definition) is 3. The summed E-state index contributed by atoms with van der Waals surface area (Å²) < 4.78 is 64.4. The van der Waals surface area contributed by atoms with E-state index >= 15 is 0 Å². The smallest absolute Gasteiger partial charge is 0.329 e. The van der Waals surface area contributed by atoms with Crippen LogP contribution >= 0.6 is 0 Å². The lowest BCUT2D eigenvalue weighted by Gasteiger charge is -2.36. The first-order valence-corrected chi connectivity index (χ1v) is 8.10. The molecule has 1 aliphatic carbocycles. The molecule has 4 nitrogen and oxygen atoms in total. The number of benzene rings is 1. The van der Waals surface area contributed by atoms with Crippen molar-refractivity contribution in [2.75, 3.05) is 13.1 Å². The lowest BCUT2D eigenvalue weighted by Crippen LogP contribution is -2.46. The molecule has 0 radical (unpaired) electrons. The second kappa shape index (κ2) is 5.94. The molecule has 0 saturated heterocycles. The van der Waals surface area contributed by atoms with E-state index in [0.29, 0.717) is 6.07 Å². The van der Waals surface area contributed by atoms with Crippen LogP contribution in [0.5, 0.6) is 0 Å². The van der Waals surface area contributed by atoms with E-state index in [0.717, 1.165) is 31.4 Å². The quantitative estimate of drug-likeness (QED) is 0.904. The van der Waals surface area contributed by atoms with E-state index in [9.17, 15) is 21.6 Å². The van der Waals surface area contributed by atoms with Crippen molar-refractivity contribution in [3.05, 3.63) is 29.8 Å². The van der Waals surface area contributed by atoms with E-state index in [-0.39, 0.29) is 24.0 Å². The van der Waals surface area contributed by atoms with Crippen molar-refractivity contribution in [2.24, 2.45) is 5.73 Å². The first kappa shape index (κ1) is 16.3. The van der Waals surface area contributed by atoms with E-state index in [2.05, 4.69) is 0 Å². The first-order valence-electron chi connectivity index (χ1n) is 6.66. The summed E-state index contributed by atoms with van der Waals surface area (Å²) >= 11 is 0. The van der Waals surface area contributed by atoms with Gasteiger partial charge in [0.15, 0.2) is 0 Å². The van der Waals surface area contributed by atoms with Crippen molar-refractivity contribution >= 4 is 10.0 Å². The van der Waals surface area contributed by atoms with Crippen LogP contribution in [0.4, 0.5) is 13.2 Å². The van der Waals surface area contributed by atoms with Gasteiger partial charge in [-0.25, -0.2) is 8.42 Å². The molecule has 0 aromatic heterocycles.